The molecule has 1 aliphatic carbocycles. The smallest absolute Gasteiger partial charge is 0.274 e. The minimum Gasteiger partial charge on any atom is -0.378 e. The Morgan fingerprint density at radius 1 is 1.24 bits per heavy atom. The first-order valence-electron chi connectivity index (χ1n) is 8.71. The summed E-state index contributed by atoms with van der Waals surface area (Å²) in [5.41, 5.74) is 1.35. The molecule has 25 heavy (non-hydrogen) atoms. The monoisotopic (exact) mass is 343 g/mol. The first-order valence-corrected chi connectivity index (χ1v) is 8.71. The molecule has 1 fully saturated rings. The van der Waals surface area contributed by atoms with Crippen LogP contribution in [-0.4, -0.2) is 47.3 Å². The SMILES string of the molecule is O=C(NCc1nccc(N2CCOCC2)n1)c1noc2c1CCCC2. The molecule has 3 heterocycles. The number of carbonyl (C=O) groups is 1. The van der Waals surface area contributed by atoms with Gasteiger partial charge >= 0.3 is 0 Å². The van der Waals surface area contributed by atoms with Crippen molar-refractivity contribution in [2.24, 2.45) is 0 Å². The maximum Gasteiger partial charge on any atom is 0.274 e. The number of rotatable bonds is 4. The molecular weight excluding hydrogens is 322 g/mol. The lowest BCUT2D eigenvalue weighted by Crippen LogP contribution is -2.37. The average molecular weight is 343 g/mol. The van der Waals surface area contributed by atoms with E-state index in [0.717, 1.165) is 55.9 Å². The Bertz CT molecular complexity index is 754. The van der Waals surface area contributed by atoms with Crippen molar-refractivity contribution < 1.29 is 14.1 Å². The van der Waals surface area contributed by atoms with Gasteiger partial charge in [0, 0.05) is 31.3 Å². The molecule has 4 rings (SSSR count). The van der Waals surface area contributed by atoms with E-state index in [2.05, 4.69) is 25.3 Å². The molecule has 8 heteroatoms. The molecule has 0 bridgehead atoms. The molecule has 0 atom stereocenters. The topological polar surface area (TPSA) is 93.4 Å². The van der Waals surface area contributed by atoms with E-state index in [9.17, 15) is 4.79 Å². The molecule has 1 saturated heterocycles. The Morgan fingerprint density at radius 3 is 2.96 bits per heavy atom. The Hall–Kier alpha value is -2.48. The van der Waals surface area contributed by atoms with Crippen LogP contribution in [0.1, 0.15) is 40.5 Å². The minimum atomic E-state index is -0.229. The normalized spacial score (nSPS) is 17.2. The molecule has 0 spiro atoms. The molecule has 132 valence electrons. The molecule has 0 saturated carbocycles. The first-order chi connectivity index (χ1) is 12.3. The number of hydrogen-bond donors (Lipinski definition) is 1. The summed E-state index contributed by atoms with van der Waals surface area (Å²) in [4.78, 5) is 23.4. The van der Waals surface area contributed by atoms with Gasteiger partial charge in [-0.1, -0.05) is 5.16 Å². The van der Waals surface area contributed by atoms with E-state index in [-0.39, 0.29) is 12.5 Å². The fourth-order valence-corrected chi connectivity index (χ4v) is 3.25. The molecule has 1 N–H and O–H groups in total. The van der Waals surface area contributed by atoms with Crippen molar-refractivity contribution in [3.05, 3.63) is 35.1 Å². The quantitative estimate of drug-likeness (QED) is 0.889. The van der Waals surface area contributed by atoms with Crippen LogP contribution in [0.25, 0.3) is 0 Å². The van der Waals surface area contributed by atoms with Crippen LogP contribution >= 0.6 is 0 Å². The van der Waals surface area contributed by atoms with Crippen molar-refractivity contribution in [3.63, 3.8) is 0 Å². The number of nitrogens with zero attached hydrogens (tertiary/aromatic N) is 4. The largest absolute Gasteiger partial charge is 0.378 e. The number of aromatic nitrogens is 3. The number of morpholine rings is 1. The second-order valence-corrected chi connectivity index (χ2v) is 6.25. The van der Waals surface area contributed by atoms with E-state index < -0.39 is 0 Å². The lowest BCUT2D eigenvalue weighted by atomic mass is 9.96. The molecule has 8 nitrogen and oxygen atoms in total. The summed E-state index contributed by atoms with van der Waals surface area (Å²) in [7, 11) is 0. The second kappa shape index (κ2) is 7.18. The predicted molar refractivity (Wildman–Crippen MR) is 89.4 cm³/mol. The Balaban J connectivity index is 1.41. The van der Waals surface area contributed by atoms with Gasteiger partial charge in [0.1, 0.15) is 17.4 Å². The van der Waals surface area contributed by atoms with Gasteiger partial charge in [-0.25, -0.2) is 9.97 Å². The van der Waals surface area contributed by atoms with Gasteiger partial charge in [-0.3, -0.25) is 4.79 Å². The molecule has 2 aromatic rings. The predicted octanol–water partition coefficient (Wildman–Crippen LogP) is 1.11. The first kappa shape index (κ1) is 16.0. The van der Waals surface area contributed by atoms with Gasteiger partial charge in [0.25, 0.3) is 5.91 Å². The van der Waals surface area contributed by atoms with Crippen LogP contribution in [0.5, 0.6) is 0 Å². The number of anilines is 1. The fraction of sp³-hybridized carbons (Fsp3) is 0.529. The van der Waals surface area contributed by atoms with E-state index in [4.69, 9.17) is 9.26 Å². The Morgan fingerprint density at radius 2 is 2.08 bits per heavy atom. The third-order valence-corrected chi connectivity index (χ3v) is 4.60. The van der Waals surface area contributed by atoms with Crippen molar-refractivity contribution in [1.29, 1.82) is 0 Å². The standard InChI is InChI=1S/C17H21N5O3/c23-17(16-12-3-1-2-4-13(12)25-21-16)19-11-14-18-6-5-15(20-14)22-7-9-24-10-8-22/h5-6H,1-4,7-11H2,(H,19,23). The van der Waals surface area contributed by atoms with Crippen LogP contribution in [0.15, 0.2) is 16.8 Å². The highest BCUT2D eigenvalue weighted by molar-refractivity contribution is 5.93. The van der Waals surface area contributed by atoms with E-state index in [1.54, 1.807) is 6.20 Å². The number of ether oxygens (including phenoxy) is 1. The molecule has 0 aromatic carbocycles. The summed E-state index contributed by atoms with van der Waals surface area (Å²) in [6.45, 7) is 3.29. The summed E-state index contributed by atoms with van der Waals surface area (Å²) in [5.74, 6) is 2.06. The highest BCUT2D eigenvalue weighted by Gasteiger charge is 2.24. The highest BCUT2D eigenvalue weighted by Crippen LogP contribution is 2.24. The lowest BCUT2D eigenvalue weighted by molar-refractivity contribution is 0.0940. The van der Waals surface area contributed by atoms with Crippen LogP contribution in [0, 0.1) is 0 Å². The number of amides is 1. The van der Waals surface area contributed by atoms with Crippen LogP contribution < -0.4 is 10.2 Å². The molecule has 1 aliphatic heterocycles. The van der Waals surface area contributed by atoms with Gasteiger partial charge in [0.05, 0.1) is 19.8 Å². The van der Waals surface area contributed by atoms with E-state index in [1.165, 1.54) is 0 Å². The molecule has 0 unspecified atom stereocenters. The maximum absolute atomic E-state index is 12.4. The van der Waals surface area contributed by atoms with Gasteiger partial charge in [0.2, 0.25) is 0 Å². The number of hydrogen-bond acceptors (Lipinski definition) is 7. The summed E-state index contributed by atoms with van der Waals surface area (Å²) in [5, 5.41) is 6.80. The Labute approximate surface area is 145 Å². The van der Waals surface area contributed by atoms with E-state index >= 15 is 0 Å². The van der Waals surface area contributed by atoms with Crippen molar-refractivity contribution >= 4 is 11.7 Å². The van der Waals surface area contributed by atoms with Crippen molar-refractivity contribution in [1.82, 2.24) is 20.4 Å². The second-order valence-electron chi connectivity index (χ2n) is 6.25. The summed E-state index contributed by atoms with van der Waals surface area (Å²) in [6.07, 6.45) is 5.59. The zero-order valence-corrected chi connectivity index (χ0v) is 14.0. The average Bonchev–Trinajstić information content (AvgIpc) is 3.11. The van der Waals surface area contributed by atoms with Gasteiger partial charge in [-0.05, 0) is 25.3 Å². The Kier molecular flexibility index (Phi) is 4.60. The molecule has 1 amide bonds. The van der Waals surface area contributed by atoms with Crippen LogP contribution in [-0.2, 0) is 24.1 Å². The van der Waals surface area contributed by atoms with E-state index in [1.807, 2.05) is 6.07 Å². The fourth-order valence-electron chi connectivity index (χ4n) is 3.25. The third-order valence-electron chi connectivity index (χ3n) is 4.60. The van der Waals surface area contributed by atoms with Crippen LogP contribution in [0.2, 0.25) is 0 Å². The number of nitrogens with one attached hydrogen (secondary N) is 1. The number of carbonyl (C=O) groups excluding carboxylic acids is 1. The third kappa shape index (κ3) is 3.48. The van der Waals surface area contributed by atoms with Gasteiger partial charge in [-0.15, -0.1) is 0 Å². The van der Waals surface area contributed by atoms with Gasteiger partial charge < -0.3 is 19.5 Å². The summed E-state index contributed by atoms with van der Waals surface area (Å²) in [6, 6.07) is 1.88. The molecule has 0 radical (unpaired) electrons. The molecular formula is C17H21N5O3. The number of aryl methyl sites for hydroxylation is 1. The zero-order chi connectivity index (χ0) is 17.1. The van der Waals surface area contributed by atoms with Crippen molar-refractivity contribution in [2.45, 2.75) is 32.2 Å². The number of fused-ring (bicyclic) bond motifs is 1. The van der Waals surface area contributed by atoms with E-state index in [0.29, 0.717) is 24.7 Å². The summed E-state index contributed by atoms with van der Waals surface area (Å²) >= 11 is 0. The van der Waals surface area contributed by atoms with Crippen LogP contribution in [0.4, 0.5) is 5.82 Å². The highest BCUT2D eigenvalue weighted by atomic mass is 16.5. The van der Waals surface area contributed by atoms with Gasteiger partial charge in [0.15, 0.2) is 5.69 Å². The van der Waals surface area contributed by atoms with Gasteiger partial charge in [-0.2, -0.15) is 0 Å². The van der Waals surface area contributed by atoms with Crippen molar-refractivity contribution in [3.8, 4) is 0 Å². The molecule has 2 aromatic heterocycles. The molecule has 2 aliphatic rings. The lowest BCUT2D eigenvalue weighted by Gasteiger charge is -2.27. The minimum absolute atomic E-state index is 0.229. The van der Waals surface area contributed by atoms with Crippen molar-refractivity contribution in [2.75, 3.05) is 31.2 Å². The maximum atomic E-state index is 12.4. The summed E-state index contributed by atoms with van der Waals surface area (Å²) < 4.78 is 10.7. The van der Waals surface area contributed by atoms with Crippen LogP contribution in [0.3, 0.4) is 0 Å². The zero-order valence-electron chi connectivity index (χ0n) is 14.0.